The lowest BCUT2D eigenvalue weighted by molar-refractivity contribution is -0.220. The van der Waals surface area contributed by atoms with Gasteiger partial charge in [0.15, 0.2) is 16.1 Å². The minimum atomic E-state index is -4.57. The molecule has 2 aromatic heterocycles. The van der Waals surface area contributed by atoms with Gasteiger partial charge in [0, 0.05) is 7.11 Å². The van der Waals surface area contributed by atoms with Crippen molar-refractivity contribution >= 4 is 36.3 Å². The van der Waals surface area contributed by atoms with Gasteiger partial charge in [-0.3, -0.25) is 9.13 Å². The van der Waals surface area contributed by atoms with E-state index in [2.05, 4.69) is 15.0 Å². The van der Waals surface area contributed by atoms with Crippen LogP contribution in [0, 0.1) is 0 Å². The minimum Gasteiger partial charge on any atom is -0.368 e. The Hall–Kier alpha value is -1.29. The van der Waals surface area contributed by atoms with Gasteiger partial charge in [-0.25, -0.2) is 4.98 Å². The number of methoxy groups -OCH3 is 1. The SMILES string of the molecule is CCC(CC)(OC(OC)n1cnc2c(Cl)nc(N)nc21)P(=O)(O)O. The van der Waals surface area contributed by atoms with Crippen LogP contribution in [0.3, 0.4) is 0 Å². The van der Waals surface area contributed by atoms with Gasteiger partial charge >= 0.3 is 7.60 Å². The smallest absolute Gasteiger partial charge is 0.357 e. The van der Waals surface area contributed by atoms with Crippen LogP contribution in [0.4, 0.5) is 5.95 Å². The van der Waals surface area contributed by atoms with Crippen molar-refractivity contribution in [2.75, 3.05) is 12.8 Å². The molecule has 0 bridgehead atoms. The number of imidazole rings is 1. The second-order valence-electron chi connectivity index (χ2n) is 5.05. The fourth-order valence-electron chi connectivity index (χ4n) is 2.36. The lowest BCUT2D eigenvalue weighted by Gasteiger charge is -2.35. The van der Waals surface area contributed by atoms with E-state index in [1.54, 1.807) is 13.8 Å². The van der Waals surface area contributed by atoms with Crippen LogP contribution in [0.2, 0.25) is 5.15 Å². The maximum absolute atomic E-state index is 11.9. The zero-order chi connectivity index (χ0) is 18.1. The Morgan fingerprint density at radius 3 is 2.54 bits per heavy atom. The van der Waals surface area contributed by atoms with E-state index in [4.69, 9.17) is 26.8 Å². The molecule has 1 unspecified atom stereocenters. The van der Waals surface area contributed by atoms with E-state index in [1.165, 1.54) is 18.0 Å². The molecule has 24 heavy (non-hydrogen) atoms. The van der Waals surface area contributed by atoms with E-state index in [1.807, 2.05) is 0 Å². The number of nitrogen functional groups attached to an aromatic ring is 1. The molecule has 0 saturated carbocycles. The summed E-state index contributed by atoms with van der Waals surface area (Å²) in [5, 5.41) is -1.65. The molecule has 2 rings (SSSR count). The van der Waals surface area contributed by atoms with E-state index in [0.717, 1.165) is 0 Å². The first-order valence-corrected chi connectivity index (χ1v) is 9.10. The summed E-state index contributed by atoms with van der Waals surface area (Å²) in [6.45, 7) is 3.25. The fraction of sp³-hybridized carbons (Fsp3) is 0.583. The molecular weight excluding hydrogens is 361 g/mol. The summed E-state index contributed by atoms with van der Waals surface area (Å²) in [4.78, 5) is 31.3. The Morgan fingerprint density at radius 1 is 1.42 bits per heavy atom. The van der Waals surface area contributed by atoms with Crippen molar-refractivity contribution < 1.29 is 23.8 Å². The molecule has 0 aliphatic heterocycles. The quantitative estimate of drug-likeness (QED) is 0.372. The predicted octanol–water partition coefficient (Wildman–Crippen LogP) is 1.88. The van der Waals surface area contributed by atoms with Gasteiger partial charge in [-0.15, -0.1) is 0 Å². The van der Waals surface area contributed by atoms with Crippen molar-refractivity contribution in [2.45, 2.75) is 38.4 Å². The number of ether oxygens (including phenoxy) is 2. The monoisotopic (exact) mass is 379 g/mol. The Balaban J connectivity index is 2.51. The molecule has 0 aliphatic carbocycles. The van der Waals surface area contributed by atoms with E-state index in [0.29, 0.717) is 0 Å². The van der Waals surface area contributed by atoms with Crippen molar-refractivity contribution in [3.63, 3.8) is 0 Å². The predicted molar refractivity (Wildman–Crippen MR) is 87.2 cm³/mol. The third-order valence-electron chi connectivity index (χ3n) is 3.78. The Bertz CT molecular complexity index is 775. The first-order chi connectivity index (χ1) is 11.2. The molecule has 12 heteroatoms. The molecular formula is C12H19ClN5O5P. The second kappa shape index (κ2) is 6.91. The van der Waals surface area contributed by atoms with Crippen LogP contribution in [0.1, 0.15) is 33.1 Å². The lowest BCUT2D eigenvalue weighted by atomic mass is 10.2. The molecule has 0 saturated heterocycles. The van der Waals surface area contributed by atoms with Crippen molar-refractivity contribution in [1.82, 2.24) is 19.5 Å². The van der Waals surface area contributed by atoms with E-state index in [-0.39, 0.29) is 35.1 Å². The van der Waals surface area contributed by atoms with Gasteiger partial charge in [0.05, 0.1) is 0 Å². The third-order valence-corrected chi connectivity index (χ3v) is 5.84. The zero-order valence-electron chi connectivity index (χ0n) is 13.4. The minimum absolute atomic E-state index is 0.0540. The lowest BCUT2D eigenvalue weighted by Crippen LogP contribution is -2.35. The maximum Gasteiger partial charge on any atom is 0.357 e. The largest absolute Gasteiger partial charge is 0.368 e. The topological polar surface area (TPSA) is 146 Å². The molecule has 2 heterocycles. The normalized spacial score (nSPS) is 14.2. The number of fused-ring (bicyclic) bond motifs is 1. The average Bonchev–Trinajstić information content (AvgIpc) is 2.92. The van der Waals surface area contributed by atoms with Crippen LogP contribution in [-0.2, 0) is 14.0 Å². The van der Waals surface area contributed by atoms with Crippen LogP contribution in [0.15, 0.2) is 6.33 Å². The highest BCUT2D eigenvalue weighted by Gasteiger charge is 2.47. The van der Waals surface area contributed by atoms with Crippen LogP contribution in [-0.4, -0.2) is 41.8 Å². The van der Waals surface area contributed by atoms with E-state index < -0.39 is 19.4 Å². The molecule has 0 radical (unpaired) electrons. The summed E-state index contributed by atoms with van der Waals surface area (Å²) in [5.74, 6) is -0.0728. The van der Waals surface area contributed by atoms with Crippen molar-refractivity contribution in [3.8, 4) is 0 Å². The number of anilines is 1. The molecule has 0 spiro atoms. The molecule has 4 N–H and O–H groups in total. The molecule has 0 fully saturated rings. The van der Waals surface area contributed by atoms with Gasteiger partial charge in [-0.1, -0.05) is 25.4 Å². The average molecular weight is 380 g/mol. The summed E-state index contributed by atoms with van der Waals surface area (Å²) >= 11 is 5.97. The van der Waals surface area contributed by atoms with Gasteiger partial charge in [-0.2, -0.15) is 9.97 Å². The Morgan fingerprint density at radius 2 is 2.04 bits per heavy atom. The van der Waals surface area contributed by atoms with Gasteiger partial charge < -0.3 is 25.0 Å². The molecule has 0 amide bonds. The van der Waals surface area contributed by atoms with E-state index in [9.17, 15) is 14.4 Å². The number of halogens is 1. The fourth-order valence-corrected chi connectivity index (χ4v) is 3.63. The Kier molecular flexibility index (Phi) is 5.48. The van der Waals surface area contributed by atoms with Gasteiger partial charge in [0.1, 0.15) is 11.8 Å². The van der Waals surface area contributed by atoms with Gasteiger partial charge in [-0.05, 0) is 12.8 Å². The van der Waals surface area contributed by atoms with E-state index >= 15 is 0 Å². The van der Waals surface area contributed by atoms with Crippen molar-refractivity contribution in [1.29, 1.82) is 0 Å². The summed E-state index contributed by atoms with van der Waals surface area (Å²) in [5.41, 5.74) is 6.09. The van der Waals surface area contributed by atoms with Crippen molar-refractivity contribution in [3.05, 3.63) is 11.5 Å². The van der Waals surface area contributed by atoms with Gasteiger partial charge in [0.2, 0.25) is 12.4 Å². The first-order valence-electron chi connectivity index (χ1n) is 7.11. The van der Waals surface area contributed by atoms with Gasteiger partial charge in [0.25, 0.3) is 0 Å². The first kappa shape index (κ1) is 19.0. The number of nitrogens with zero attached hydrogens (tertiary/aromatic N) is 4. The molecule has 2 aromatic rings. The molecule has 10 nitrogen and oxygen atoms in total. The van der Waals surface area contributed by atoms with Crippen LogP contribution < -0.4 is 5.73 Å². The number of hydrogen-bond donors (Lipinski definition) is 3. The maximum atomic E-state index is 11.9. The number of aromatic nitrogens is 4. The summed E-state index contributed by atoms with van der Waals surface area (Å²) in [7, 11) is -3.24. The van der Waals surface area contributed by atoms with Crippen LogP contribution in [0.5, 0.6) is 0 Å². The summed E-state index contributed by atoms with van der Waals surface area (Å²) < 4.78 is 24.2. The number of nitrogens with two attached hydrogens (primary N) is 1. The standard InChI is InChI=1S/C12H19ClN5O5P/c1-4-12(5-2,24(19,20)21)23-11(22-3)18-6-15-7-8(13)16-10(14)17-9(7)18/h6,11H,4-5H2,1-3H3,(H2,14,16,17)(H2,19,20,21). The number of rotatable bonds is 7. The van der Waals surface area contributed by atoms with Crippen LogP contribution in [0.25, 0.3) is 11.2 Å². The second-order valence-corrected chi connectivity index (χ2v) is 7.32. The highest BCUT2D eigenvalue weighted by atomic mass is 35.5. The highest BCUT2D eigenvalue weighted by molar-refractivity contribution is 7.53. The number of hydrogen-bond acceptors (Lipinski definition) is 7. The summed E-state index contributed by atoms with van der Waals surface area (Å²) in [6, 6.07) is 0. The summed E-state index contributed by atoms with van der Waals surface area (Å²) in [6.07, 6.45) is 0.304. The molecule has 134 valence electrons. The Labute approximate surface area is 143 Å². The molecule has 0 aromatic carbocycles. The zero-order valence-corrected chi connectivity index (χ0v) is 15.0. The molecule has 0 aliphatic rings. The van der Waals surface area contributed by atoms with Crippen molar-refractivity contribution in [2.24, 2.45) is 0 Å². The third kappa shape index (κ3) is 3.26. The highest BCUT2D eigenvalue weighted by Crippen LogP contribution is 2.56. The molecule has 1 atom stereocenters. The van der Waals surface area contributed by atoms with Crippen LogP contribution >= 0.6 is 19.2 Å².